The van der Waals surface area contributed by atoms with Gasteiger partial charge in [0.15, 0.2) is 0 Å². The smallest absolute Gasteiger partial charge is 0.0459 e. The number of aromatic nitrogens is 1. The maximum absolute atomic E-state index is 3.63. The van der Waals surface area contributed by atoms with Crippen LogP contribution in [0.3, 0.4) is 0 Å². The van der Waals surface area contributed by atoms with E-state index in [0.717, 1.165) is 6.42 Å². The molecule has 0 saturated carbocycles. The van der Waals surface area contributed by atoms with Crippen LogP contribution in [0.2, 0.25) is 0 Å². The van der Waals surface area contributed by atoms with Crippen molar-refractivity contribution in [3.05, 3.63) is 35.5 Å². The molecule has 17 heavy (non-hydrogen) atoms. The van der Waals surface area contributed by atoms with Crippen LogP contribution >= 0.6 is 0 Å². The second-order valence-corrected chi connectivity index (χ2v) is 5.16. The molecule has 1 aromatic carbocycles. The van der Waals surface area contributed by atoms with Crippen LogP contribution in [0.25, 0.3) is 10.9 Å². The van der Waals surface area contributed by atoms with Crippen molar-refractivity contribution >= 4 is 10.9 Å². The minimum atomic E-state index is 0.669. The molecule has 1 aromatic heterocycles. The van der Waals surface area contributed by atoms with E-state index in [1.807, 2.05) is 0 Å². The average Bonchev–Trinajstić information content (AvgIpc) is 2.75. The van der Waals surface area contributed by atoms with Gasteiger partial charge >= 0.3 is 0 Å². The first-order valence-electron chi connectivity index (χ1n) is 6.63. The zero-order chi connectivity index (χ0) is 11.7. The number of aryl methyl sites for hydroxylation is 1. The molecule has 2 nitrogen and oxygen atoms in total. The summed E-state index contributed by atoms with van der Waals surface area (Å²) >= 11 is 0. The standard InChI is InChI=1S/C15H20N2/c1-11-5-4-7-14-15(11)12(10-17-14)9-13-6-2-3-8-16-13/h4-5,7,10,13,16-17H,2-3,6,8-9H2,1H3. The minimum absolute atomic E-state index is 0.669. The van der Waals surface area contributed by atoms with Gasteiger partial charge in [0, 0.05) is 23.1 Å². The molecule has 1 aliphatic heterocycles. The van der Waals surface area contributed by atoms with E-state index in [-0.39, 0.29) is 0 Å². The molecule has 0 spiro atoms. The van der Waals surface area contributed by atoms with Crippen molar-refractivity contribution in [3.63, 3.8) is 0 Å². The van der Waals surface area contributed by atoms with Crippen LogP contribution in [0.5, 0.6) is 0 Å². The number of piperidine rings is 1. The molecule has 2 heterocycles. The Kier molecular flexibility index (Phi) is 2.89. The zero-order valence-corrected chi connectivity index (χ0v) is 10.4. The Bertz CT molecular complexity index is 507. The number of aromatic amines is 1. The van der Waals surface area contributed by atoms with E-state index < -0.39 is 0 Å². The summed E-state index contributed by atoms with van der Waals surface area (Å²) in [6.07, 6.45) is 7.37. The molecule has 1 fully saturated rings. The molecule has 1 unspecified atom stereocenters. The third-order valence-corrected chi connectivity index (χ3v) is 3.87. The molecule has 1 aliphatic rings. The first-order valence-corrected chi connectivity index (χ1v) is 6.63. The fourth-order valence-corrected chi connectivity index (χ4v) is 2.98. The van der Waals surface area contributed by atoms with Crippen molar-refractivity contribution in [1.82, 2.24) is 10.3 Å². The monoisotopic (exact) mass is 228 g/mol. The van der Waals surface area contributed by atoms with E-state index in [1.54, 1.807) is 0 Å². The van der Waals surface area contributed by atoms with Gasteiger partial charge in [0.05, 0.1) is 0 Å². The molecule has 1 atom stereocenters. The lowest BCUT2D eigenvalue weighted by atomic mass is 9.96. The van der Waals surface area contributed by atoms with Crippen LogP contribution < -0.4 is 5.32 Å². The van der Waals surface area contributed by atoms with Crippen LogP contribution in [0, 0.1) is 6.92 Å². The largest absolute Gasteiger partial charge is 0.361 e. The van der Waals surface area contributed by atoms with Crippen LogP contribution in [-0.4, -0.2) is 17.6 Å². The van der Waals surface area contributed by atoms with E-state index in [2.05, 4.69) is 41.6 Å². The van der Waals surface area contributed by atoms with Gasteiger partial charge in [-0.05, 0) is 49.9 Å². The topological polar surface area (TPSA) is 27.8 Å². The van der Waals surface area contributed by atoms with Crippen molar-refractivity contribution in [1.29, 1.82) is 0 Å². The lowest BCUT2D eigenvalue weighted by Crippen LogP contribution is -2.35. The van der Waals surface area contributed by atoms with Crippen molar-refractivity contribution < 1.29 is 0 Å². The summed E-state index contributed by atoms with van der Waals surface area (Å²) in [4.78, 5) is 3.39. The molecule has 1 saturated heterocycles. The molecule has 0 aliphatic carbocycles. The van der Waals surface area contributed by atoms with Gasteiger partial charge in [-0.1, -0.05) is 18.6 Å². The van der Waals surface area contributed by atoms with Gasteiger partial charge in [-0.2, -0.15) is 0 Å². The fraction of sp³-hybridized carbons (Fsp3) is 0.467. The maximum atomic E-state index is 3.63. The third-order valence-electron chi connectivity index (χ3n) is 3.87. The van der Waals surface area contributed by atoms with Gasteiger partial charge in [0.1, 0.15) is 0 Å². The van der Waals surface area contributed by atoms with Crippen LogP contribution in [-0.2, 0) is 6.42 Å². The van der Waals surface area contributed by atoms with Gasteiger partial charge in [-0.3, -0.25) is 0 Å². The van der Waals surface area contributed by atoms with E-state index in [1.165, 1.54) is 47.8 Å². The summed E-state index contributed by atoms with van der Waals surface area (Å²) in [6.45, 7) is 3.39. The summed E-state index contributed by atoms with van der Waals surface area (Å²) in [5, 5.41) is 5.06. The summed E-state index contributed by atoms with van der Waals surface area (Å²) in [6, 6.07) is 7.16. The van der Waals surface area contributed by atoms with E-state index >= 15 is 0 Å². The van der Waals surface area contributed by atoms with Crippen molar-refractivity contribution in [2.45, 2.75) is 38.6 Å². The van der Waals surface area contributed by atoms with Gasteiger partial charge in [0.2, 0.25) is 0 Å². The Balaban J connectivity index is 1.89. The first kappa shape index (κ1) is 10.8. The Morgan fingerprint density at radius 2 is 2.24 bits per heavy atom. The number of hydrogen-bond acceptors (Lipinski definition) is 1. The number of hydrogen-bond donors (Lipinski definition) is 2. The highest BCUT2D eigenvalue weighted by molar-refractivity contribution is 5.86. The minimum Gasteiger partial charge on any atom is -0.361 e. The Labute approximate surface area is 102 Å². The molecule has 2 aromatic rings. The maximum Gasteiger partial charge on any atom is 0.0459 e. The Hall–Kier alpha value is -1.28. The molecular weight excluding hydrogens is 208 g/mol. The number of H-pyrrole nitrogens is 1. The normalized spacial score (nSPS) is 20.9. The van der Waals surface area contributed by atoms with Gasteiger partial charge < -0.3 is 10.3 Å². The SMILES string of the molecule is Cc1cccc2[nH]cc(CC3CCCCN3)c12. The predicted octanol–water partition coefficient (Wildman–Crippen LogP) is 3.16. The van der Waals surface area contributed by atoms with E-state index in [0.29, 0.717) is 6.04 Å². The summed E-state index contributed by atoms with van der Waals surface area (Å²) < 4.78 is 0. The Morgan fingerprint density at radius 1 is 1.29 bits per heavy atom. The van der Waals surface area contributed by atoms with Gasteiger partial charge in [-0.15, -0.1) is 0 Å². The van der Waals surface area contributed by atoms with Crippen LogP contribution in [0.4, 0.5) is 0 Å². The van der Waals surface area contributed by atoms with Gasteiger partial charge in [0.25, 0.3) is 0 Å². The summed E-state index contributed by atoms with van der Waals surface area (Å²) in [7, 11) is 0. The number of rotatable bonds is 2. The molecule has 90 valence electrons. The first-order chi connectivity index (χ1) is 8.34. The van der Waals surface area contributed by atoms with Crippen LogP contribution in [0.15, 0.2) is 24.4 Å². The highest BCUT2D eigenvalue weighted by atomic mass is 14.9. The lowest BCUT2D eigenvalue weighted by Gasteiger charge is -2.23. The molecule has 0 amide bonds. The molecule has 2 heteroatoms. The number of nitrogens with one attached hydrogen (secondary N) is 2. The average molecular weight is 228 g/mol. The predicted molar refractivity (Wildman–Crippen MR) is 72.4 cm³/mol. The third kappa shape index (κ3) is 2.09. The second-order valence-electron chi connectivity index (χ2n) is 5.16. The second kappa shape index (κ2) is 4.53. The highest BCUT2D eigenvalue weighted by Crippen LogP contribution is 2.24. The van der Waals surface area contributed by atoms with Crippen molar-refractivity contribution in [2.75, 3.05) is 6.54 Å². The molecule has 2 N–H and O–H groups in total. The van der Waals surface area contributed by atoms with E-state index in [4.69, 9.17) is 0 Å². The van der Waals surface area contributed by atoms with Gasteiger partial charge in [-0.25, -0.2) is 0 Å². The van der Waals surface area contributed by atoms with Crippen molar-refractivity contribution in [2.24, 2.45) is 0 Å². The molecular formula is C15H20N2. The number of benzene rings is 1. The fourth-order valence-electron chi connectivity index (χ4n) is 2.98. The number of fused-ring (bicyclic) bond motifs is 1. The highest BCUT2D eigenvalue weighted by Gasteiger charge is 2.15. The van der Waals surface area contributed by atoms with E-state index in [9.17, 15) is 0 Å². The quantitative estimate of drug-likeness (QED) is 0.812. The Morgan fingerprint density at radius 3 is 3.06 bits per heavy atom. The summed E-state index contributed by atoms with van der Waals surface area (Å²) in [5.74, 6) is 0. The molecule has 3 rings (SSSR count). The zero-order valence-electron chi connectivity index (χ0n) is 10.4. The lowest BCUT2D eigenvalue weighted by molar-refractivity contribution is 0.400. The van der Waals surface area contributed by atoms with Crippen molar-refractivity contribution in [3.8, 4) is 0 Å². The van der Waals surface area contributed by atoms with Crippen LogP contribution in [0.1, 0.15) is 30.4 Å². The summed E-state index contributed by atoms with van der Waals surface area (Å²) in [5.41, 5.74) is 4.13. The molecule has 0 bridgehead atoms. The molecule has 0 radical (unpaired) electrons.